The molecule has 0 bridgehead atoms. The number of carboxylic acid groups (broad SMARTS) is 1. The van der Waals surface area contributed by atoms with Gasteiger partial charge in [0.2, 0.25) is 5.95 Å². The lowest BCUT2D eigenvalue weighted by Crippen LogP contribution is -2.08. The molecule has 1 aromatic heterocycles. The van der Waals surface area contributed by atoms with E-state index in [1.807, 2.05) is 42.5 Å². The van der Waals surface area contributed by atoms with Gasteiger partial charge in [0.05, 0.1) is 11.0 Å². The van der Waals surface area contributed by atoms with Gasteiger partial charge >= 0.3 is 6.09 Å². The fourth-order valence-corrected chi connectivity index (χ4v) is 2.24. The third-order valence-electron chi connectivity index (χ3n) is 3.22. The summed E-state index contributed by atoms with van der Waals surface area (Å²) in [5, 5.41) is 10.9. The molecule has 3 aromatic rings. The van der Waals surface area contributed by atoms with E-state index in [2.05, 4.69) is 15.3 Å². The Labute approximate surface area is 120 Å². The number of rotatable bonds is 3. The number of para-hydroxylation sites is 1. The maximum atomic E-state index is 10.6. The summed E-state index contributed by atoms with van der Waals surface area (Å²) in [6.45, 7) is 0. The molecule has 0 radical (unpaired) electrons. The van der Waals surface area contributed by atoms with Crippen molar-refractivity contribution in [1.29, 1.82) is 0 Å². The minimum absolute atomic E-state index is 0.217. The monoisotopic (exact) mass is 282 g/mol. The summed E-state index contributed by atoms with van der Waals surface area (Å²) in [5.74, 6) is 0.217. The van der Waals surface area contributed by atoms with Gasteiger partial charge in [-0.2, -0.15) is 0 Å². The quantitative estimate of drug-likeness (QED) is 0.554. The Kier molecular flexibility index (Phi) is 3.19. The number of aromatic amines is 1. The molecule has 1 heterocycles. The maximum Gasteiger partial charge on any atom is 0.411 e. The number of nitrogens with two attached hydrogens (primary N) is 1. The first-order chi connectivity index (χ1) is 10.1. The first-order valence-corrected chi connectivity index (χ1v) is 6.44. The van der Waals surface area contributed by atoms with Gasteiger partial charge in [0.25, 0.3) is 0 Å². The Hall–Kier alpha value is -3.02. The number of hydrogen-bond acceptors (Lipinski definition) is 3. The molecule has 0 saturated carbocycles. The van der Waals surface area contributed by atoms with Crippen molar-refractivity contribution in [2.75, 3.05) is 11.1 Å². The van der Waals surface area contributed by atoms with Crippen molar-refractivity contribution in [3.05, 3.63) is 53.6 Å². The molecule has 2 aromatic carbocycles. The fraction of sp³-hybridized carbons (Fsp3) is 0.0667. The molecular formula is C15H14N4O2. The third kappa shape index (κ3) is 2.79. The normalized spacial score (nSPS) is 10.7. The maximum absolute atomic E-state index is 10.6. The molecule has 6 heteroatoms. The predicted octanol–water partition coefficient (Wildman–Crippen LogP) is 2.83. The molecule has 0 saturated heterocycles. The van der Waals surface area contributed by atoms with E-state index in [0.717, 1.165) is 22.3 Å². The molecule has 0 fully saturated rings. The summed E-state index contributed by atoms with van der Waals surface area (Å²) in [5.41, 5.74) is 10.3. The second-order valence-corrected chi connectivity index (χ2v) is 4.74. The van der Waals surface area contributed by atoms with Crippen molar-refractivity contribution >= 4 is 28.8 Å². The molecule has 6 nitrogen and oxygen atoms in total. The van der Waals surface area contributed by atoms with Crippen LogP contribution in [0, 0.1) is 0 Å². The van der Waals surface area contributed by atoms with Gasteiger partial charge in [-0.3, -0.25) is 5.32 Å². The van der Waals surface area contributed by atoms with Gasteiger partial charge in [-0.25, -0.2) is 9.78 Å². The van der Waals surface area contributed by atoms with E-state index in [9.17, 15) is 4.79 Å². The molecule has 0 atom stereocenters. The van der Waals surface area contributed by atoms with Crippen LogP contribution in [-0.2, 0) is 6.42 Å². The van der Waals surface area contributed by atoms with Crippen LogP contribution in [-0.4, -0.2) is 21.2 Å². The highest BCUT2D eigenvalue weighted by Gasteiger charge is 2.07. The largest absolute Gasteiger partial charge is 0.465 e. The average molecular weight is 282 g/mol. The molecule has 0 aliphatic carbocycles. The van der Waals surface area contributed by atoms with E-state index in [1.54, 1.807) is 0 Å². The number of hydrogen-bond donors (Lipinski definition) is 4. The van der Waals surface area contributed by atoms with Crippen molar-refractivity contribution in [1.82, 2.24) is 9.97 Å². The lowest BCUT2D eigenvalue weighted by molar-refractivity contribution is 0.209. The molecular weight excluding hydrogens is 268 g/mol. The number of nitrogen functional groups attached to an aromatic ring is 1. The van der Waals surface area contributed by atoms with Crippen LogP contribution in [0.1, 0.15) is 11.1 Å². The number of nitrogens with zero attached hydrogens (tertiary/aromatic N) is 1. The van der Waals surface area contributed by atoms with Gasteiger partial charge in [0.15, 0.2) is 0 Å². The average Bonchev–Trinajstić information content (AvgIpc) is 2.82. The van der Waals surface area contributed by atoms with Gasteiger partial charge in [0.1, 0.15) is 0 Å². The lowest BCUT2D eigenvalue weighted by atomic mass is 10.0. The Morgan fingerprint density at radius 2 is 2.10 bits per heavy atom. The van der Waals surface area contributed by atoms with E-state index in [0.29, 0.717) is 11.9 Å². The van der Waals surface area contributed by atoms with Crippen LogP contribution in [0.3, 0.4) is 0 Å². The van der Waals surface area contributed by atoms with Crippen molar-refractivity contribution in [2.24, 2.45) is 0 Å². The molecule has 0 aliphatic rings. The fourth-order valence-electron chi connectivity index (χ4n) is 2.24. The van der Waals surface area contributed by atoms with Gasteiger partial charge < -0.3 is 15.8 Å². The second kappa shape index (κ2) is 5.16. The zero-order chi connectivity index (χ0) is 14.8. The highest BCUT2D eigenvalue weighted by atomic mass is 16.4. The Morgan fingerprint density at radius 1 is 1.29 bits per heavy atom. The van der Waals surface area contributed by atoms with Crippen LogP contribution in [0.25, 0.3) is 11.0 Å². The third-order valence-corrected chi connectivity index (χ3v) is 3.22. The van der Waals surface area contributed by atoms with Crippen LogP contribution >= 0.6 is 0 Å². The number of fused-ring (bicyclic) bond motifs is 1. The molecule has 3 rings (SSSR count). The van der Waals surface area contributed by atoms with Crippen LogP contribution in [0.2, 0.25) is 0 Å². The van der Waals surface area contributed by atoms with Gasteiger partial charge in [-0.15, -0.1) is 0 Å². The van der Waals surface area contributed by atoms with E-state index in [4.69, 9.17) is 10.8 Å². The second-order valence-electron chi connectivity index (χ2n) is 4.74. The zero-order valence-electron chi connectivity index (χ0n) is 11.1. The Balaban J connectivity index is 1.90. The van der Waals surface area contributed by atoms with Crippen molar-refractivity contribution in [3.63, 3.8) is 0 Å². The zero-order valence-corrected chi connectivity index (χ0v) is 11.1. The van der Waals surface area contributed by atoms with E-state index < -0.39 is 6.09 Å². The number of benzene rings is 2. The van der Waals surface area contributed by atoms with Crippen LogP contribution in [0.15, 0.2) is 42.5 Å². The first-order valence-electron chi connectivity index (χ1n) is 6.44. The summed E-state index contributed by atoms with van der Waals surface area (Å²) < 4.78 is 0. The van der Waals surface area contributed by atoms with E-state index in [-0.39, 0.29) is 5.95 Å². The molecule has 5 N–H and O–H groups in total. The van der Waals surface area contributed by atoms with Gasteiger partial charge in [-0.1, -0.05) is 24.3 Å². The summed E-state index contributed by atoms with van der Waals surface area (Å²) in [7, 11) is 0. The first kappa shape index (κ1) is 13.0. The molecule has 21 heavy (non-hydrogen) atoms. The predicted molar refractivity (Wildman–Crippen MR) is 81.4 cm³/mol. The SMILES string of the molecule is Nc1ccccc1Cc1ccc2[nH]c(NC(=O)O)nc2c1. The van der Waals surface area contributed by atoms with Crippen molar-refractivity contribution in [2.45, 2.75) is 6.42 Å². The van der Waals surface area contributed by atoms with Crippen LogP contribution < -0.4 is 11.1 Å². The smallest absolute Gasteiger partial charge is 0.411 e. The minimum Gasteiger partial charge on any atom is -0.465 e. The van der Waals surface area contributed by atoms with E-state index in [1.165, 1.54) is 0 Å². The number of H-pyrrole nitrogens is 1. The highest BCUT2D eigenvalue weighted by molar-refractivity contribution is 5.85. The minimum atomic E-state index is -1.15. The number of nitrogens with one attached hydrogen (secondary N) is 2. The number of carbonyl (C=O) groups is 1. The van der Waals surface area contributed by atoms with Gasteiger partial charge in [0, 0.05) is 5.69 Å². The number of anilines is 2. The van der Waals surface area contributed by atoms with Crippen molar-refractivity contribution < 1.29 is 9.90 Å². The number of imidazole rings is 1. The van der Waals surface area contributed by atoms with Gasteiger partial charge in [-0.05, 0) is 35.7 Å². The van der Waals surface area contributed by atoms with E-state index >= 15 is 0 Å². The Morgan fingerprint density at radius 3 is 2.86 bits per heavy atom. The summed E-state index contributed by atoms with van der Waals surface area (Å²) >= 11 is 0. The molecule has 0 unspecified atom stereocenters. The number of amides is 1. The summed E-state index contributed by atoms with van der Waals surface area (Å²) in [6.07, 6.45) is -0.441. The van der Waals surface area contributed by atoms with Crippen LogP contribution in [0.5, 0.6) is 0 Å². The molecule has 0 spiro atoms. The standard InChI is InChI=1S/C15H14N4O2/c16-11-4-2-1-3-10(11)7-9-5-6-12-13(8-9)18-14(17-12)19-15(20)21/h1-6,8H,7,16H2,(H,20,21)(H2,17,18,19). The lowest BCUT2D eigenvalue weighted by Gasteiger charge is -2.05. The summed E-state index contributed by atoms with van der Waals surface area (Å²) in [6, 6.07) is 13.5. The Bertz CT molecular complexity index is 810. The topological polar surface area (TPSA) is 104 Å². The van der Waals surface area contributed by atoms with Crippen molar-refractivity contribution in [3.8, 4) is 0 Å². The highest BCUT2D eigenvalue weighted by Crippen LogP contribution is 2.20. The van der Waals surface area contributed by atoms with Crippen LogP contribution in [0.4, 0.5) is 16.4 Å². The molecule has 106 valence electrons. The number of aromatic nitrogens is 2. The molecule has 1 amide bonds. The molecule has 0 aliphatic heterocycles. The summed E-state index contributed by atoms with van der Waals surface area (Å²) in [4.78, 5) is 17.7.